The van der Waals surface area contributed by atoms with E-state index in [9.17, 15) is 0 Å². The molecule has 3 aromatic rings. The zero-order valence-electron chi connectivity index (χ0n) is 14.3. The van der Waals surface area contributed by atoms with Gasteiger partial charge in [0.05, 0.1) is 12.1 Å². The number of benzene rings is 2. The molecule has 2 aromatic carbocycles. The molecule has 4 rings (SSSR count). The fraction of sp³-hybridized carbons (Fsp3) is 0.300. The van der Waals surface area contributed by atoms with Crippen LogP contribution in [0.15, 0.2) is 54.6 Å². The van der Waals surface area contributed by atoms with Gasteiger partial charge in [0, 0.05) is 29.2 Å². The van der Waals surface area contributed by atoms with Crippen LogP contribution in [0.2, 0.25) is 0 Å². The zero-order valence-corrected chi connectivity index (χ0v) is 15.9. The lowest BCUT2D eigenvalue weighted by atomic mass is 9.93. The number of halogens is 1. The Morgan fingerprint density at radius 2 is 1.88 bits per heavy atom. The van der Waals surface area contributed by atoms with Gasteiger partial charge in [0.25, 0.3) is 0 Å². The molecule has 132 valence electrons. The molecule has 1 unspecified atom stereocenters. The summed E-state index contributed by atoms with van der Waals surface area (Å²) in [5.74, 6) is 2.50. The summed E-state index contributed by atoms with van der Waals surface area (Å²) in [4.78, 5) is 0. The Balaban J connectivity index is 0.00000182. The van der Waals surface area contributed by atoms with E-state index in [4.69, 9.17) is 4.74 Å². The number of hydrogen-bond donors (Lipinski definition) is 1. The summed E-state index contributed by atoms with van der Waals surface area (Å²) >= 11 is 1.82. The molecule has 1 aliphatic rings. The molecule has 1 N–H and O–H groups in total. The summed E-state index contributed by atoms with van der Waals surface area (Å²) in [5.41, 5.74) is 3.95. The molecule has 5 heteroatoms. The molecule has 2 heterocycles. The van der Waals surface area contributed by atoms with Gasteiger partial charge in [-0.2, -0.15) is 0 Å². The molecular formula is C20H23ClN2OS. The topological polar surface area (TPSA) is 26.2 Å². The second-order valence-electron chi connectivity index (χ2n) is 6.18. The Bertz CT molecular complexity index is 834. The maximum absolute atomic E-state index is 6.12. The minimum Gasteiger partial charge on any atom is -0.478 e. The predicted molar refractivity (Wildman–Crippen MR) is 109 cm³/mol. The average molecular weight is 375 g/mol. The summed E-state index contributed by atoms with van der Waals surface area (Å²) < 4.78 is 8.41. The van der Waals surface area contributed by atoms with Crippen molar-refractivity contribution in [2.24, 2.45) is 0 Å². The van der Waals surface area contributed by atoms with Crippen molar-refractivity contribution in [1.82, 2.24) is 9.29 Å². The highest BCUT2D eigenvalue weighted by Crippen LogP contribution is 2.44. The molecule has 0 bridgehead atoms. The van der Waals surface area contributed by atoms with Gasteiger partial charge in [-0.05, 0) is 37.0 Å². The minimum atomic E-state index is 0. The van der Waals surface area contributed by atoms with E-state index in [-0.39, 0.29) is 12.4 Å². The van der Waals surface area contributed by atoms with E-state index >= 15 is 0 Å². The first-order chi connectivity index (χ1) is 11.9. The zero-order chi connectivity index (χ0) is 16.4. The van der Waals surface area contributed by atoms with Crippen molar-refractivity contribution in [3.63, 3.8) is 0 Å². The van der Waals surface area contributed by atoms with Gasteiger partial charge in [-0.25, -0.2) is 0 Å². The molecule has 1 aliphatic heterocycles. The van der Waals surface area contributed by atoms with E-state index in [2.05, 4.69) is 63.9 Å². The average Bonchev–Trinajstić information content (AvgIpc) is 2.96. The Morgan fingerprint density at radius 3 is 2.68 bits per heavy atom. The Morgan fingerprint density at radius 1 is 1.12 bits per heavy atom. The fourth-order valence-electron chi connectivity index (χ4n) is 3.48. The summed E-state index contributed by atoms with van der Waals surface area (Å²) in [6, 6.07) is 19.3. The predicted octanol–water partition coefficient (Wildman–Crippen LogP) is 4.85. The Labute approximate surface area is 159 Å². The van der Waals surface area contributed by atoms with Crippen LogP contribution in [-0.4, -0.2) is 24.2 Å². The second kappa shape index (κ2) is 8.17. The van der Waals surface area contributed by atoms with Crippen molar-refractivity contribution in [2.75, 3.05) is 20.2 Å². The number of nitrogens with zero attached hydrogens (tertiary/aromatic N) is 1. The number of ether oxygens (including phenoxy) is 1. The van der Waals surface area contributed by atoms with Crippen LogP contribution in [-0.2, 0) is 5.75 Å². The van der Waals surface area contributed by atoms with E-state index in [1.54, 1.807) is 0 Å². The van der Waals surface area contributed by atoms with Crippen LogP contribution < -0.4 is 10.1 Å². The molecule has 0 radical (unpaired) electrons. The second-order valence-corrected chi connectivity index (χ2v) is 7.09. The SMILES string of the molecule is CNCC1CCOc2c1c1ccccc1n2SCc1ccccc1.Cl. The van der Waals surface area contributed by atoms with Crippen LogP contribution in [0, 0.1) is 0 Å². The summed E-state index contributed by atoms with van der Waals surface area (Å²) in [7, 11) is 2.03. The van der Waals surface area contributed by atoms with Gasteiger partial charge in [-0.3, -0.25) is 3.97 Å². The van der Waals surface area contributed by atoms with E-state index in [0.29, 0.717) is 5.92 Å². The highest BCUT2D eigenvalue weighted by Gasteiger charge is 2.28. The van der Waals surface area contributed by atoms with Crippen molar-refractivity contribution in [1.29, 1.82) is 0 Å². The van der Waals surface area contributed by atoms with Crippen molar-refractivity contribution in [2.45, 2.75) is 18.1 Å². The Kier molecular flexibility index (Phi) is 5.94. The van der Waals surface area contributed by atoms with Gasteiger partial charge in [0.15, 0.2) is 0 Å². The van der Waals surface area contributed by atoms with Crippen molar-refractivity contribution >= 4 is 35.3 Å². The molecule has 0 saturated carbocycles. The quantitative estimate of drug-likeness (QED) is 0.691. The van der Waals surface area contributed by atoms with Gasteiger partial charge in [0.2, 0.25) is 5.88 Å². The highest BCUT2D eigenvalue weighted by molar-refractivity contribution is 7.97. The largest absolute Gasteiger partial charge is 0.478 e. The fourth-order valence-corrected chi connectivity index (χ4v) is 4.51. The van der Waals surface area contributed by atoms with E-state index < -0.39 is 0 Å². The molecule has 0 fully saturated rings. The third-order valence-electron chi connectivity index (χ3n) is 4.59. The van der Waals surface area contributed by atoms with Gasteiger partial charge in [-0.1, -0.05) is 48.5 Å². The van der Waals surface area contributed by atoms with Crippen LogP contribution in [0.25, 0.3) is 10.9 Å². The lowest BCUT2D eigenvalue weighted by molar-refractivity contribution is 0.256. The number of likely N-dealkylation sites (N-methyl/N-ethyl adjacent to an activating group) is 1. The van der Waals surface area contributed by atoms with E-state index in [0.717, 1.165) is 31.2 Å². The van der Waals surface area contributed by atoms with Crippen molar-refractivity contribution in [3.8, 4) is 5.88 Å². The first-order valence-electron chi connectivity index (χ1n) is 8.46. The van der Waals surface area contributed by atoms with Crippen molar-refractivity contribution < 1.29 is 4.74 Å². The number of aromatic nitrogens is 1. The summed E-state index contributed by atoms with van der Waals surface area (Å²) in [6.07, 6.45) is 1.07. The Hall–Kier alpha value is -1.62. The third kappa shape index (κ3) is 3.52. The van der Waals surface area contributed by atoms with Gasteiger partial charge in [-0.15, -0.1) is 12.4 Å². The summed E-state index contributed by atoms with van der Waals surface area (Å²) in [6.45, 7) is 1.79. The first-order valence-corrected chi connectivity index (χ1v) is 9.40. The van der Waals surface area contributed by atoms with Crippen molar-refractivity contribution in [3.05, 3.63) is 65.7 Å². The third-order valence-corrected chi connectivity index (χ3v) is 5.68. The molecular weight excluding hydrogens is 352 g/mol. The summed E-state index contributed by atoms with van der Waals surface area (Å²) in [5, 5.41) is 4.67. The minimum absolute atomic E-state index is 0. The molecule has 0 amide bonds. The molecule has 0 saturated heterocycles. The van der Waals surface area contributed by atoms with Gasteiger partial charge < -0.3 is 10.1 Å². The van der Waals surface area contributed by atoms with E-state index in [1.165, 1.54) is 22.0 Å². The molecule has 3 nitrogen and oxygen atoms in total. The normalized spacial score (nSPS) is 16.1. The molecule has 25 heavy (non-hydrogen) atoms. The molecule has 0 aliphatic carbocycles. The molecule has 0 spiro atoms. The first kappa shape index (κ1) is 18.2. The number of para-hydroxylation sites is 1. The number of hydrogen-bond acceptors (Lipinski definition) is 3. The number of nitrogens with one attached hydrogen (secondary N) is 1. The lowest BCUT2D eigenvalue weighted by Gasteiger charge is -2.24. The standard InChI is InChI=1S/C20H22N2OS.ClH/c1-21-13-16-11-12-23-20-19(16)17-9-5-6-10-18(17)22(20)24-14-15-7-3-2-4-8-15;/h2-10,16,21H,11-14H2,1H3;1H. The number of fused-ring (bicyclic) bond motifs is 3. The highest BCUT2D eigenvalue weighted by atomic mass is 35.5. The van der Waals surface area contributed by atoms with Crippen LogP contribution in [0.1, 0.15) is 23.5 Å². The molecule has 1 aromatic heterocycles. The van der Waals surface area contributed by atoms with Crippen LogP contribution >= 0.6 is 24.4 Å². The maximum Gasteiger partial charge on any atom is 0.208 e. The van der Waals surface area contributed by atoms with Gasteiger partial charge in [0.1, 0.15) is 0 Å². The smallest absolute Gasteiger partial charge is 0.208 e. The van der Waals surface area contributed by atoms with Crippen LogP contribution in [0.4, 0.5) is 0 Å². The molecule has 1 atom stereocenters. The lowest BCUT2D eigenvalue weighted by Crippen LogP contribution is -2.23. The maximum atomic E-state index is 6.12. The monoisotopic (exact) mass is 374 g/mol. The number of rotatable bonds is 5. The van der Waals surface area contributed by atoms with Crippen LogP contribution in [0.5, 0.6) is 5.88 Å². The van der Waals surface area contributed by atoms with Crippen LogP contribution in [0.3, 0.4) is 0 Å². The van der Waals surface area contributed by atoms with E-state index in [1.807, 2.05) is 19.0 Å². The van der Waals surface area contributed by atoms with Gasteiger partial charge >= 0.3 is 0 Å².